The van der Waals surface area contributed by atoms with Crippen LogP contribution in [0.4, 0.5) is 19.0 Å². The molecule has 1 aliphatic heterocycles. The van der Waals surface area contributed by atoms with Crippen LogP contribution in [-0.4, -0.2) is 65.0 Å². The summed E-state index contributed by atoms with van der Waals surface area (Å²) in [6.45, 7) is 2.22. The van der Waals surface area contributed by atoms with E-state index < -0.39 is 18.6 Å². The maximum Gasteiger partial charge on any atom is 0.405 e. The highest BCUT2D eigenvalue weighted by Crippen LogP contribution is 2.17. The zero-order chi connectivity index (χ0) is 25.5. The summed E-state index contributed by atoms with van der Waals surface area (Å²) >= 11 is 0. The molecule has 0 spiro atoms. The third-order valence-electron chi connectivity index (χ3n) is 5.63. The molecule has 1 saturated heterocycles. The number of hydrogen-bond donors (Lipinski definition) is 2. The van der Waals surface area contributed by atoms with Gasteiger partial charge in [-0.2, -0.15) is 13.2 Å². The van der Waals surface area contributed by atoms with Gasteiger partial charge in [-0.1, -0.05) is 36.1 Å². The molecule has 4 rings (SSSR count). The van der Waals surface area contributed by atoms with E-state index in [1.54, 1.807) is 29.6 Å². The first-order valence-electron chi connectivity index (χ1n) is 11.3. The zero-order valence-corrected chi connectivity index (χ0v) is 19.3. The second kappa shape index (κ2) is 11.1. The lowest BCUT2D eigenvalue weighted by Gasteiger charge is -2.35. The second-order valence-corrected chi connectivity index (χ2v) is 8.30. The average Bonchev–Trinajstić information content (AvgIpc) is 2.87. The van der Waals surface area contributed by atoms with Gasteiger partial charge in [-0.25, -0.2) is 0 Å². The summed E-state index contributed by atoms with van der Waals surface area (Å²) in [6, 6.07) is 17.7. The number of benzene rings is 2. The van der Waals surface area contributed by atoms with Crippen LogP contribution in [0.5, 0.6) is 5.75 Å². The molecule has 0 bridgehead atoms. The Hall–Kier alpha value is -4.10. The predicted octanol–water partition coefficient (Wildman–Crippen LogP) is 3.20. The van der Waals surface area contributed by atoms with E-state index in [1.165, 1.54) is 6.07 Å². The van der Waals surface area contributed by atoms with Gasteiger partial charge in [-0.3, -0.25) is 9.69 Å². The van der Waals surface area contributed by atoms with Gasteiger partial charge in [0.05, 0.1) is 0 Å². The van der Waals surface area contributed by atoms with Gasteiger partial charge in [-0.15, -0.1) is 10.2 Å². The molecule has 1 aromatic heterocycles. The molecule has 0 radical (unpaired) electrons. The van der Waals surface area contributed by atoms with Crippen LogP contribution >= 0.6 is 0 Å². The van der Waals surface area contributed by atoms with Crippen molar-refractivity contribution in [2.75, 3.05) is 37.6 Å². The van der Waals surface area contributed by atoms with Crippen molar-refractivity contribution in [3.63, 3.8) is 0 Å². The number of alkyl halides is 3. The maximum atomic E-state index is 12.3. The van der Waals surface area contributed by atoms with Crippen molar-refractivity contribution in [2.24, 2.45) is 0 Å². The fraction of sp³-hybridized carbons (Fsp3) is 0.269. The number of halogens is 3. The van der Waals surface area contributed by atoms with E-state index >= 15 is 0 Å². The fourth-order valence-corrected chi connectivity index (χ4v) is 3.77. The van der Waals surface area contributed by atoms with Crippen LogP contribution in [0.1, 0.15) is 27.2 Å². The lowest BCUT2D eigenvalue weighted by atomic mass is 10.1. The van der Waals surface area contributed by atoms with E-state index in [1.807, 2.05) is 35.2 Å². The number of phenols is 1. The number of phenolic OH excluding ortho intramolecular Hbond substituents is 1. The molecule has 0 unspecified atom stereocenters. The van der Waals surface area contributed by atoms with Crippen molar-refractivity contribution in [1.82, 2.24) is 20.4 Å². The molecule has 3 aromatic rings. The molecule has 1 amide bonds. The van der Waals surface area contributed by atoms with Crippen molar-refractivity contribution in [3.8, 4) is 17.6 Å². The number of anilines is 1. The fourth-order valence-electron chi connectivity index (χ4n) is 3.77. The highest BCUT2D eigenvalue weighted by atomic mass is 19.4. The first-order valence-corrected chi connectivity index (χ1v) is 11.3. The summed E-state index contributed by atoms with van der Waals surface area (Å²) in [4.78, 5) is 16.1. The molecule has 0 atom stereocenters. The Labute approximate surface area is 206 Å². The Balaban J connectivity index is 1.33. The predicted molar refractivity (Wildman–Crippen MR) is 128 cm³/mol. The van der Waals surface area contributed by atoms with Gasteiger partial charge < -0.3 is 15.3 Å². The van der Waals surface area contributed by atoms with Crippen LogP contribution in [0, 0.1) is 11.8 Å². The Bertz CT molecular complexity index is 1260. The molecule has 2 heterocycles. The van der Waals surface area contributed by atoms with Crippen molar-refractivity contribution < 1.29 is 23.1 Å². The van der Waals surface area contributed by atoms with Gasteiger partial charge >= 0.3 is 6.18 Å². The van der Waals surface area contributed by atoms with Crippen LogP contribution in [0.3, 0.4) is 0 Å². The van der Waals surface area contributed by atoms with Gasteiger partial charge in [0.2, 0.25) is 0 Å². The third kappa shape index (κ3) is 6.96. The number of carbonyl (C=O) groups is 1. The second-order valence-electron chi connectivity index (χ2n) is 8.30. The molecule has 2 aromatic carbocycles. The Morgan fingerprint density at radius 2 is 1.75 bits per heavy atom. The maximum absolute atomic E-state index is 12.3. The Morgan fingerprint density at radius 1 is 0.972 bits per heavy atom. The van der Waals surface area contributed by atoms with Gasteiger partial charge in [0.1, 0.15) is 12.3 Å². The van der Waals surface area contributed by atoms with Crippen LogP contribution in [-0.2, 0) is 6.54 Å². The standard InChI is InChI=1S/C26H24F3N5O2/c27-26(28,29)18-30-25(36)23-10-11-24(32-31-23)34-14-12-33(13-15-34)17-21-6-2-1-5-20(21)9-8-19-4-3-7-22(35)16-19/h1-7,10-11,16,35H,12-15,17-18H2,(H,30,36). The molecule has 36 heavy (non-hydrogen) atoms. The average molecular weight is 496 g/mol. The molecular weight excluding hydrogens is 471 g/mol. The number of hydrogen-bond acceptors (Lipinski definition) is 6. The highest BCUT2D eigenvalue weighted by Gasteiger charge is 2.28. The molecule has 186 valence electrons. The number of piperazine rings is 1. The summed E-state index contributed by atoms with van der Waals surface area (Å²) in [5.74, 6) is 6.13. The van der Waals surface area contributed by atoms with E-state index in [9.17, 15) is 23.1 Å². The van der Waals surface area contributed by atoms with Gasteiger partial charge in [0.25, 0.3) is 5.91 Å². The summed E-state index contributed by atoms with van der Waals surface area (Å²) < 4.78 is 36.8. The first-order chi connectivity index (χ1) is 17.3. The molecule has 0 saturated carbocycles. The Kier molecular flexibility index (Phi) is 7.71. The number of rotatable bonds is 5. The van der Waals surface area contributed by atoms with E-state index in [0.29, 0.717) is 18.9 Å². The van der Waals surface area contributed by atoms with Crippen LogP contribution < -0.4 is 10.2 Å². The number of nitrogens with one attached hydrogen (secondary N) is 1. The molecule has 1 fully saturated rings. The molecule has 7 nitrogen and oxygen atoms in total. The molecule has 10 heteroatoms. The number of amides is 1. The summed E-state index contributed by atoms with van der Waals surface area (Å²) in [5.41, 5.74) is 2.61. The molecule has 1 aliphatic rings. The van der Waals surface area contributed by atoms with Crippen LogP contribution in [0.15, 0.2) is 60.7 Å². The Morgan fingerprint density at radius 3 is 2.44 bits per heavy atom. The van der Waals surface area contributed by atoms with E-state index in [2.05, 4.69) is 26.9 Å². The smallest absolute Gasteiger partial charge is 0.405 e. The van der Waals surface area contributed by atoms with Crippen molar-refractivity contribution >= 4 is 11.7 Å². The van der Waals surface area contributed by atoms with Crippen molar-refractivity contribution in [2.45, 2.75) is 12.7 Å². The quantitative estimate of drug-likeness (QED) is 0.530. The lowest BCUT2D eigenvalue weighted by molar-refractivity contribution is -0.123. The minimum atomic E-state index is -4.48. The van der Waals surface area contributed by atoms with Crippen molar-refractivity contribution in [1.29, 1.82) is 0 Å². The number of aromatic hydroxyl groups is 1. The zero-order valence-electron chi connectivity index (χ0n) is 19.3. The lowest BCUT2D eigenvalue weighted by Crippen LogP contribution is -2.46. The normalized spacial score (nSPS) is 14.1. The third-order valence-corrected chi connectivity index (χ3v) is 5.63. The van der Waals surface area contributed by atoms with Gasteiger partial charge in [-0.05, 0) is 42.0 Å². The van der Waals surface area contributed by atoms with E-state index in [4.69, 9.17) is 0 Å². The summed E-state index contributed by atoms with van der Waals surface area (Å²) in [5, 5.41) is 19.2. The summed E-state index contributed by atoms with van der Waals surface area (Å²) in [6.07, 6.45) is -4.48. The monoisotopic (exact) mass is 495 g/mol. The number of aromatic nitrogens is 2. The van der Waals surface area contributed by atoms with E-state index in [-0.39, 0.29) is 11.4 Å². The van der Waals surface area contributed by atoms with Gasteiger partial charge in [0.15, 0.2) is 11.5 Å². The minimum absolute atomic E-state index is 0.162. The highest BCUT2D eigenvalue weighted by molar-refractivity contribution is 5.92. The minimum Gasteiger partial charge on any atom is -0.508 e. The first kappa shape index (κ1) is 25.0. The molecule has 0 aliphatic carbocycles. The van der Waals surface area contributed by atoms with Crippen molar-refractivity contribution in [3.05, 3.63) is 83.0 Å². The molecular formula is C26H24F3N5O2. The van der Waals surface area contributed by atoms with Gasteiger partial charge in [0, 0.05) is 43.9 Å². The van der Waals surface area contributed by atoms with Crippen LogP contribution in [0.25, 0.3) is 0 Å². The van der Waals surface area contributed by atoms with E-state index in [0.717, 1.165) is 36.3 Å². The largest absolute Gasteiger partial charge is 0.508 e. The summed E-state index contributed by atoms with van der Waals surface area (Å²) in [7, 11) is 0. The molecule has 2 N–H and O–H groups in total. The van der Waals surface area contributed by atoms with Crippen LogP contribution in [0.2, 0.25) is 0 Å². The number of carbonyl (C=O) groups excluding carboxylic acids is 1. The SMILES string of the molecule is O=C(NCC(F)(F)F)c1ccc(N2CCN(Cc3ccccc3C#Cc3cccc(O)c3)CC2)nn1. The topological polar surface area (TPSA) is 81.6 Å². The number of nitrogens with zero attached hydrogens (tertiary/aromatic N) is 4.